The van der Waals surface area contributed by atoms with E-state index in [1.807, 2.05) is 30.3 Å². The molecule has 1 unspecified atom stereocenters. The van der Waals surface area contributed by atoms with Gasteiger partial charge in [-0.15, -0.1) is 0 Å². The standard InChI is InChI=1S/C30H47BN4O6/c1-22-19-35(20-23(2)40-22)30(3,4)16-15-25(18-32)28(36)34-17-9-8-12-26(21-34)41-29(37)33-27(31(38)39)14-13-24-10-6-5-7-11-24/h5-7,10-11,22-23,25-27,38-39H,8-9,12-17,19-21H2,1-4H3,(H,33,37)/t22-,23-,25?,26+,27-/m0/s1. The number of likely N-dealkylation sites (tertiary alicyclic amines) is 1. The summed E-state index contributed by atoms with van der Waals surface area (Å²) in [4.78, 5) is 30.2. The summed E-state index contributed by atoms with van der Waals surface area (Å²) in [6.07, 6.45) is 3.14. The van der Waals surface area contributed by atoms with Gasteiger partial charge in [-0.3, -0.25) is 9.69 Å². The van der Waals surface area contributed by atoms with Crippen LogP contribution in [0, 0.1) is 17.2 Å². The molecular formula is C30H47BN4O6. The maximum Gasteiger partial charge on any atom is 0.475 e. The second kappa shape index (κ2) is 15.5. The van der Waals surface area contributed by atoms with Gasteiger partial charge in [-0.25, -0.2) is 4.79 Å². The zero-order valence-electron chi connectivity index (χ0n) is 25.0. The fourth-order valence-electron chi connectivity index (χ4n) is 5.79. The lowest BCUT2D eigenvalue weighted by molar-refractivity contribution is -0.135. The summed E-state index contributed by atoms with van der Waals surface area (Å²) >= 11 is 0. The van der Waals surface area contributed by atoms with E-state index in [0.29, 0.717) is 38.6 Å². The topological polar surface area (TPSA) is 135 Å². The highest BCUT2D eigenvalue weighted by molar-refractivity contribution is 6.43. The molecule has 0 bridgehead atoms. The van der Waals surface area contributed by atoms with E-state index in [0.717, 1.165) is 31.5 Å². The lowest BCUT2D eigenvalue weighted by Gasteiger charge is -2.45. The largest absolute Gasteiger partial charge is 0.475 e. The summed E-state index contributed by atoms with van der Waals surface area (Å²) in [6, 6.07) is 11.8. The molecular weight excluding hydrogens is 523 g/mol. The highest BCUT2D eigenvalue weighted by Gasteiger charge is 2.36. The molecule has 226 valence electrons. The van der Waals surface area contributed by atoms with Crippen LogP contribution in [0.2, 0.25) is 0 Å². The minimum atomic E-state index is -1.73. The summed E-state index contributed by atoms with van der Waals surface area (Å²) in [6.45, 7) is 10.8. The fourth-order valence-corrected chi connectivity index (χ4v) is 5.79. The van der Waals surface area contributed by atoms with E-state index < -0.39 is 31.2 Å². The maximum atomic E-state index is 13.4. The second-order valence-corrected chi connectivity index (χ2v) is 12.2. The van der Waals surface area contributed by atoms with Crippen LogP contribution in [0.3, 0.4) is 0 Å². The number of amides is 2. The third-order valence-electron chi connectivity index (χ3n) is 8.24. The summed E-state index contributed by atoms with van der Waals surface area (Å²) in [5.41, 5.74) is 0.842. The SMILES string of the molecule is C[C@H]1CN(C(C)(C)CCC(C#N)C(=O)N2CCCC[C@@H](OC(=O)N[C@@H](CCc3ccccc3)B(O)O)C2)C[C@H](C)O1. The molecule has 2 aliphatic rings. The molecule has 0 aromatic heterocycles. The van der Waals surface area contributed by atoms with Crippen molar-refractivity contribution in [3.63, 3.8) is 0 Å². The molecule has 2 amide bonds. The average molecular weight is 571 g/mol. The monoisotopic (exact) mass is 570 g/mol. The average Bonchev–Trinajstić information content (AvgIpc) is 3.16. The third-order valence-corrected chi connectivity index (χ3v) is 8.24. The maximum absolute atomic E-state index is 13.4. The van der Waals surface area contributed by atoms with Gasteiger partial charge in [0.2, 0.25) is 5.91 Å². The summed E-state index contributed by atoms with van der Waals surface area (Å²) in [5.74, 6) is -1.89. The first-order valence-corrected chi connectivity index (χ1v) is 14.9. The molecule has 3 rings (SSSR count). The molecule has 10 nitrogen and oxygen atoms in total. The third kappa shape index (κ3) is 10.3. The molecule has 11 heteroatoms. The highest BCUT2D eigenvalue weighted by Crippen LogP contribution is 2.28. The van der Waals surface area contributed by atoms with Gasteiger partial charge in [-0.05, 0) is 78.2 Å². The number of alkyl carbamates (subject to hydrolysis) is 1. The number of aryl methyl sites for hydroxylation is 1. The molecule has 0 spiro atoms. The van der Waals surface area contributed by atoms with E-state index in [4.69, 9.17) is 9.47 Å². The van der Waals surface area contributed by atoms with E-state index >= 15 is 0 Å². The highest BCUT2D eigenvalue weighted by atomic mass is 16.6. The van der Waals surface area contributed by atoms with Crippen molar-refractivity contribution in [2.24, 2.45) is 5.92 Å². The van der Waals surface area contributed by atoms with Crippen LogP contribution in [0.15, 0.2) is 30.3 Å². The van der Waals surface area contributed by atoms with Crippen molar-refractivity contribution < 1.29 is 29.1 Å². The Morgan fingerprint density at radius 2 is 1.83 bits per heavy atom. The normalized spacial score (nSPS) is 23.5. The zero-order chi connectivity index (χ0) is 30.0. The molecule has 1 aromatic carbocycles. The van der Waals surface area contributed by atoms with E-state index in [-0.39, 0.29) is 30.2 Å². The quantitative estimate of drug-likeness (QED) is 0.346. The number of rotatable bonds is 11. The van der Waals surface area contributed by atoms with Crippen molar-refractivity contribution in [2.75, 3.05) is 26.2 Å². The molecule has 0 radical (unpaired) electrons. The van der Waals surface area contributed by atoms with Crippen LogP contribution >= 0.6 is 0 Å². The van der Waals surface area contributed by atoms with Gasteiger partial charge in [0.05, 0.1) is 30.8 Å². The number of nitrogens with zero attached hydrogens (tertiary/aromatic N) is 3. The van der Waals surface area contributed by atoms with Gasteiger partial charge in [0.25, 0.3) is 0 Å². The van der Waals surface area contributed by atoms with Gasteiger partial charge in [-0.1, -0.05) is 30.3 Å². The first-order chi connectivity index (χ1) is 19.5. The molecule has 0 saturated carbocycles. The van der Waals surface area contributed by atoms with Crippen LogP contribution in [0.1, 0.15) is 71.8 Å². The van der Waals surface area contributed by atoms with Crippen LogP contribution in [-0.4, -0.2) is 94.9 Å². The molecule has 2 saturated heterocycles. The van der Waals surface area contributed by atoms with Crippen molar-refractivity contribution in [1.29, 1.82) is 5.26 Å². The molecule has 2 heterocycles. The van der Waals surface area contributed by atoms with Crippen molar-refractivity contribution in [2.45, 2.75) is 102 Å². The Morgan fingerprint density at radius 3 is 2.46 bits per heavy atom. The Balaban J connectivity index is 1.53. The first-order valence-electron chi connectivity index (χ1n) is 14.9. The second-order valence-electron chi connectivity index (χ2n) is 12.2. The zero-order valence-corrected chi connectivity index (χ0v) is 25.0. The lowest BCUT2D eigenvalue weighted by atomic mass is 9.76. The van der Waals surface area contributed by atoms with Crippen molar-refractivity contribution in [1.82, 2.24) is 15.1 Å². The lowest BCUT2D eigenvalue weighted by Crippen LogP contribution is -2.55. The van der Waals surface area contributed by atoms with E-state index in [2.05, 4.69) is 44.0 Å². The number of ether oxygens (including phenoxy) is 2. The number of hydrogen-bond acceptors (Lipinski definition) is 8. The molecule has 5 atom stereocenters. The van der Waals surface area contributed by atoms with Gasteiger partial charge >= 0.3 is 13.2 Å². The number of morpholine rings is 1. The number of carbonyl (C=O) groups excluding carboxylic acids is 2. The smallest absolute Gasteiger partial charge is 0.444 e. The molecule has 2 aliphatic heterocycles. The number of hydrogen-bond donors (Lipinski definition) is 3. The molecule has 0 aliphatic carbocycles. The summed E-state index contributed by atoms with van der Waals surface area (Å²) < 4.78 is 11.5. The number of nitriles is 1. The van der Waals surface area contributed by atoms with Gasteiger partial charge in [0, 0.05) is 25.2 Å². The molecule has 41 heavy (non-hydrogen) atoms. The number of benzene rings is 1. The van der Waals surface area contributed by atoms with Crippen LogP contribution in [0.25, 0.3) is 0 Å². The molecule has 2 fully saturated rings. The van der Waals surface area contributed by atoms with Gasteiger partial charge in [0.15, 0.2) is 0 Å². The summed E-state index contributed by atoms with van der Waals surface area (Å²) in [7, 11) is -1.73. The van der Waals surface area contributed by atoms with Gasteiger partial charge < -0.3 is 29.7 Å². The Labute approximate surface area is 245 Å². The Kier molecular flexibility index (Phi) is 12.5. The Bertz CT molecular complexity index is 1010. The van der Waals surface area contributed by atoms with Crippen LogP contribution < -0.4 is 5.32 Å². The Morgan fingerprint density at radius 1 is 1.15 bits per heavy atom. The number of nitrogens with one attached hydrogen (secondary N) is 1. The summed E-state index contributed by atoms with van der Waals surface area (Å²) in [5, 5.41) is 32.1. The van der Waals surface area contributed by atoms with E-state index in [1.54, 1.807) is 4.90 Å². The van der Waals surface area contributed by atoms with Gasteiger partial charge in [0.1, 0.15) is 12.0 Å². The first kappa shape index (κ1) is 32.9. The predicted molar refractivity (Wildman–Crippen MR) is 157 cm³/mol. The van der Waals surface area contributed by atoms with Crippen LogP contribution in [0.4, 0.5) is 4.79 Å². The van der Waals surface area contributed by atoms with Crippen molar-refractivity contribution in [3.8, 4) is 6.07 Å². The Hall–Kier alpha value is -2.65. The molecule has 3 N–H and O–H groups in total. The minimum absolute atomic E-state index is 0.137. The predicted octanol–water partition coefficient (Wildman–Crippen LogP) is 2.91. The van der Waals surface area contributed by atoms with Crippen molar-refractivity contribution >= 4 is 19.1 Å². The van der Waals surface area contributed by atoms with E-state index in [9.17, 15) is 24.9 Å². The number of carbonyl (C=O) groups is 2. The van der Waals surface area contributed by atoms with Crippen molar-refractivity contribution in [3.05, 3.63) is 35.9 Å². The van der Waals surface area contributed by atoms with Crippen LogP contribution in [0.5, 0.6) is 0 Å². The van der Waals surface area contributed by atoms with E-state index in [1.165, 1.54) is 0 Å². The van der Waals surface area contributed by atoms with Crippen LogP contribution in [-0.2, 0) is 20.7 Å². The van der Waals surface area contributed by atoms with Gasteiger partial charge in [-0.2, -0.15) is 5.26 Å². The minimum Gasteiger partial charge on any atom is -0.444 e. The fraction of sp³-hybridized carbons (Fsp3) is 0.700. The molecule has 1 aromatic rings.